The van der Waals surface area contributed by atoms with Crippen molar-refractivity contribution in [1.82, 2.24) is 9.80 Å². The zero-order valence-corrected chi connectivity index (χ0v) is 17.6. The highest BCUT2D eigenvalue weighted by molar-refractivity contribution is 5.98. The Labute approximate surface area is 178 Å². The van der Waals surface area contributed by atoms with E-state index in [2.05, 4.69) is 0 Å². The second-order valence-corrected chi connectivity index (χ2v) is 8.36. The largest absolute Gasteiger partial charge is 0.492 e. The minimum Gasteiger partial charge on any atom is -0.492 e. The molecule has 2 aliphatic rings. The fourth-order valence-electron chi connectivity index (χ4n) is 4.88. The van der Waals surface area contributed by atoms with Crippen LogP contribution in [0, 0.1) is 5.92 Å². The van der Waals surface area contributed by atoms with Gasteiger partial charge in [0.2, 0.25) is 5.91 Å². The molecule has 3 atom stereocenters. The summed E-state index contributed by atoms with van der Waals surface area (Å²) in [7, 11) is 1.81. The Kier molecular flexibility index (Phi) is 6.36. The highest BCUT2D eigenvalue weighted by Crippen LogP contribution is 2.41. The molecule has 5 heteroatoms. The number of hydrogen-bond acceptors (Lipinski definition) is 3. The van der Waals surface area contributed by atoms with Crippen LogP contribution in [0.3, 0.4) is 0 Å². The summed E-state index contributed by atoms with van der Waals surface area (Å²) in [4.78, 5) is 30.3. The van der Waals surface area contributed by atoms with Gasteiger partial charge in [-0.05, 0) is 49.4 Å². The van der Waals surface area contributed by atoms with Crippen LogP contribution >= 0.6 is 0 Å². The summed E-state index contributed by atoms with van der Waals surface area (Å²) in [6.07, 6.45) is 5.19. The van der Waals surface area contributed by atoms with Crippen LogP contribution in [0.1, 0.15) is 42.5 Å². The van der Waals surface area contributed by atoms with Gasteiger partial charge in [-0.1, -0.05) is 49.2 Å². The van der Waals surface area contributed by atoms with E-state index >= 15 is 0 Å². The summed E-state index contributed by atoms with van der Waals surface area (Å²) < 4.78 is 5.75. The van der Waals surface area contributed by atoms with E-state index in [0.717, 1.165) is 31.4 Å². The molecular formula is C25H30N2O3. The van der Waals surface area contributed by atoms with E-state index in [0.29, 0.717) is 24.6 Å². The van der Waals surface area contributed by atoms with E-state index in [1.54, 1.807) is 4.90 Å². The number of rotatable bonds is 6. The van der Waals surface area contributed by atoms with Crippen LogP contribution in [-0.4, -0.2) is 53.9 Å². The first-order valence-electron chi connectivity index (χ1n) is 11.0. The molecule has 1 heterocycles. The van der Waals surface area contributed by atoms with Crippen LogP contribution < -0.4 is 4.74 Å². The highest BCUT2D eigenvalue weighted by atomic mass is 16.5. The van der Waals surface area contributed by atoms with Gasteiger partial charge in [-0.2, -0.15) is 0 Å². The van der Waals surface area contributed by atoms with Crippen LogP contribution in [0.5, 0.6) is 5.75 Å². The van der Waals surface area contributed by atoms with Gasteiger partial charge in [0.25, 0.3) is 5.91 Å². The van der Waals surface area contributed by atoms with Crippen molar-refractivity contribution in [3.8, 4) is 5.75 Å². The van der Waals surface area contributed by atoms with E-state index in [9.17, 15) is 9.59 Å². The summed E-state index contributed by atoms with van der Waals surface area (Å²) >= 11 is 0. The molecule has 2 aromatic carbocycles. The maximum Gasteiger partial charge on any atom is 0.254 e. The van der Waals surface area contributed by atoms with E-state index in [-0.39, 0.29) is 23.9 Å². The van der Waals surface area contributed by atoms with Gasteiger partial charge in [-0.25, -0.2) is 0 Å². The molecule has 1 saturated heterocycles. The fourth-order valence-corrected chi connectivity index (χ4v) is 4.88. The molecule has 0 N–H and O–H groups in total. The Bertz CT molecular complexity index is 855. The number of carbonyl (C=O) groups is 2. The van der Waals surface area contributed by atoms with Crippen LogP contribution in [0.25, 0.3) is 0 Å². The monoisotopic (exact) mass is 406 g/mol. The Morgan fingerprint density at radius 3 is 2.40 bits per heavy atom. The number of fused-ring (bicyclic) bond motifs is 1. The second-order valence-electron chi connectivity index (χ2n) is 8.36. The number of ether oxygens (including phenoxy) is 1. The highest BCUT2D eigenvalue weighted by Gasteiger charge is 2.48. The minimum absolute atomic E-state index is 0.0164. The summed E-state index contributed by atoms with van der Waals surface area (Å²) in [5, 5.41) is 0. The van der Waals surface area contributed by atoms with Gasteiger partial charge in [0.05, 0.1) is 6.54 Å². The van der Waals surface area contributed by atoms with Crippen molar-refractivity contribution >= 4 is 11.8 Å². The van der Waals surface area contributed by atoms with Crippen LogP contribution in [0.15, 0.2) is 60.7 Å². The molecule has 30 heavy (non-hydrogen) atoms. The molecule has 0 spiro atoms. The van der Waals surface area contributed by atoms with Gasteiger partial charge < -0.3 is 14.5 Å². The second kappa shape index (κ2) is 9.33. The van der Waals surface area contributed by atoms with Crippen molar-refractivity contribution in [1.29, 1.82) is 0 Å². The van der Waals surface area contributed by atoms with Crippen LogP contribution in [0.4, 0.5) is 0 Å². The first-order valence-corrected chi connectivity index (χ1v) is 11.0. The molecular weight excluding hydrogens is 376 g/mol. The molecule has 1 aliphatic carbocycles. The third-order valence-electron chi connectivity index (χ3n) is 6.44. The Balaban J connectivity index is 1.45. The van der Waals surface area contributed by atoms with Crippen molar-refractivity contribution in [2.24, 2.45) is 5.92 Å². The van der Waals surface area contributed by atoms with E-state index in [4.69, 9.17) is 4.74 Å². The van der Waals surface area contributed by atoms with Crippen molar-refractivity contribution in [3.05, 3.63) is 66.2 Å². The molecule has 1 saturated carbocycles. The normalized spacial score (nSPS) is 23.0. The molecule has 2 aromatic rings. The number of likely N-dealkylation sites (N-methyl/N-ethyl adjacent to an activating group) is 1. The summed E-state index contributed by atoms with van der Waals surface area (Å²) in [6, 6.07) is 18.8. The summed E-state index contributed by atoms with van der Waals surface area (Å²) in [6.45, 7) is 0.922. The SMILES string of the molecule is CN(CCOc1ccccc1)C(=O)C1CC2CCCCC2N1C(=O)c1ccccc1. The maximum atomic E-state index is 13.4. The fraction of sp³-hybridized carbons (Fsp3) is 0.440. The van der Waals surface area contributed by atoms with Crippen molar-refractivity contribution in [2.75, 3.05) is 20.2 Å². The molecule has 3 unspecified atom stereocenters. The van der Waals surface area contributed by atoms with E-state index in [1.807, 2.05) is 72.6 Å². The molecule has 4 rings (SSSR count). The Morgan fingerprint density at radius 1 is 1.00 bits per heavy atom. The summed E-state index contributed by atoms with van der Waals surface area (Å²) in [5.41, 5.74) is 0.664. The predicted molar refractivity (Wildman–Crippen MR) is 116 cm³/mol. The summed E-state index contributed by atoms with van der Waals surface area (Å²) in [5.74, 6) is 1.23. The van der Waals surface area contributed by atoms with Crippen molar-refractivity contribution in [2.45, 2.75) is 44.2 Å². The van der Waals surface area contributed by atoms with E-state index < -0.39 is 0 Å². The zero-order chi connectivity index (χ0) is 20.9. The molecule has 5 nitrogen and oxygen atoms in total. The van der Waals surface area contributed by atoms with Crippen LogP contribution in [0.2, 0.25) is 0 Å². The van der Waals surface area contributed by atoms with Gasteiger partial charge in [-0.3, -0.25) is 9.59 Å². The van der Waals surface area contributed by atoms with Gasteiger partial charge in [0, 0.05) is 18.7 Å². The topological polar surface area (TPSA) is 49.9 Å². The number of para-hydroxylation sites is 1. The number of amides is 2. The third kappa shape index (κ3) is 4.35. The maximum absolute atomic E-state index is 13.4. The molecule has 0 aromatic heterocycles. The molecule has 2 fully saturated rings. The predicted octanol–water partition coefficient (Wildman–Crippen LogP) is 4.00. The lowest BCUT2D eigenvalue weighted by atomic mass is 9.84. The first kappa shape index (κ1) is 20.5. The lowest BCUT2D eigenvalue weighted by molar-refractivity contribution is -0.134. The standard InChI is InChI=1S/C25H30N2O3/c1-26(16-17-30-21-13-6-3-7-14-21)25(29)23-18-20-12-8-9-15-22(20)27(23)24(28)19-10-4-2-5-11-19/h2-7,10-11,13-14,20,22-23H,8-9,12,15-18H2,1H3. The average molecular weight is 407 g/mol. The quantitative estimate of drug-likeness (QED) is 0.729. The molecule has 0 bridgehead atoms. The average Bonchev–Trinajstić information content (AvgIpc) is 3.19. The third-order valence-corrected chi connectivity index (χ3v) is 6.44. The molecule has 0 radical (unpaired) electrons. The van der Waals surface area contributed by atoms with Crippen molar-refractivity contribution in [3.63, 3.8) is 0 Å². The van der Waals surface area contributed by atoms with Gasteiger partial charge >= 0.3 is 0 Å². The lowest BCUT2D eigenvalue weighted by Gasteiger charge is -2.34. The first-order chi connectivity index (χ1) is 14.6. The number of nitrogens with zero attached hydrogens (tertiary/aromatic N) is 2. The number of likely N-dealkylation sites (tertiary alicyclic amines) is 1. The Morgan fingerprint density at radius 2 is 1.67 bits per heavy atom. The number of benzene rings is 2. The molecule has 2 amide bonds. The van der Waals surface area contributed by atoms with Crippen molar-refractivity contribution < 1.29 is 14.3 Å². The molecule has 158 valence electrons. The Hall–Kier alpha value is -2.82. The molecule has 1 aliphatic heterocycles. The van der Waals surface area contributed by atoms with E-state index in [1.165, 1.54) is 6.42 Å². The number of carbonyl (C=O) groups excluding carboxylic acids is 2. The van der Waals surface area contributed by atoms with Crippen LogP contribution in [-0.2, 0) is 4.79 Å². The zero-order valence-electron chi connectivity index (χ0n) is 17.6. The van der Waals surface area contributed by atoms with Gasteiger partial charge in [-0.15, -0.1) is 0 Å². The smallest absolute Gasteiger partial charge is 0.254 e. The lowest BCUT2D eigenvalue weighted by Crippen LogP contribution is -2.50. The number of hydrogen-bond donors (Lipinski definition) is 0. The minimum atomic E-state index is -0.382. The van der Waals surface area contributed by atoms with Gasteiger partial charge in [0.15, 0.2) is 0 Å². The van der Waals surface area contributed by atoms with Gasteiger partial charge in [0.1, 0.15) is 18.4 Å².